The second-order valence-corrected chi connectivity index (χ2v) is 8.17. The van der Waals surface area contributed by atoms with Crippen LogP contribution >= 0.6 is 0 Å². The summed E-state index contributed by atoms with van der Waals surface area (Å²) in [5, 5.41) is 0. The van der Waals surface area contributed by atoms with Gasteiger partial charge in [-0.05, 0) is 69.2 Å². The van der Waals surface area contributed by atoms with Gasteiger partial charge in [0, 0.05) is 18.5 Å². The largest absolute Gasteiger partial charge is 0.339 e. The van der Waals surface area contributed by atoms with E-state index in [9.17, 15) is 4.79 Å². The first-order valence-electron chi connectivity index (χ1n) is 8.94. The Labute approximate surface area is 130 Å². The first-order chi connectivity index (χ1) is 9.93. The number of carbonyl (C=O) groups excluding carboxylic acids is 1. The Kier molecular flexibility index (Phi) is 5.70. The molecule has 3 heteroatoms. The number of nitrogens with two attached hydrogens (primary N) is 1. The molecule has 2 fully saturated rings. The van der Waals surface area contributed by atoms with Crippen LogP contribution in [0.15, 0.2) is 0 Å². The van der Waals surface area contributed by atoms with Crippen LogP contribution in [0.4, 0.5) is 0 Å². The Morgan fingerprint density at radius 2 is 1.76 bits per heavy atom. The third-order valence-electron chi connectivity index (χ3n) is 5.71. The van der Waals surface area contributed by atoms with Crippen LogP contribution < -0.4 is 5.73 Å². The van der Waals surface area contributed by atoms with Gasteiger partial charge in [0.25, 0.3) is 0 Å². The minimum absolute atomic E-state index is 0.280. The van der Waals surface area contributed by atoms with Crippen LogP contribution in [0.3, 0.4) is 0 Å². The first-order valence-corrected chi connectivity index (χ1v) is 8.94. The summed E-state index contributed by atoms with van der Waals surface area (Å²) in [6.07, 6.45) is 9.17. The third kappa shape index (κ3) is 4.21. The van der Waals surface area contributed by atoms with Crippen LogP contribution in [-0.2, 0) is 4.79 Å². The third-order valence-corrected chi connectivity index (χ3v) is 5.71. The molecular formula is C18H34N2O. The monoisotopic (exact) mass is 294 g/mol. The minimum Gasteiger partial charge on any atom is -0.339 e. The van der Waals surface area contributed by atoms with Gasteiger partial charge in [-0.15, -0.1) is 0 Å². The van der Waals surface area contributed by atoms with Crippen LogP contribution in [-0.4, -0.2) is 29.9 Å². The number of hydrogen-bond acceptors (Lipinski definition) is 2. The van der Waals surface area contributed by atoms with E-state index in [2.05, 4.69) is 25.7 Å². The summed E-state index contributed by atoms with van der Waals surface area (Å²) in [6.45, 7) is 8.67. The summed E-state index contributed by atoms with van der Waals surface area (Å²) in [4.78, 5) is 15.1. The Balaban J connectivity index is 1.91. The number of nitrogens with zero attached hydrogens (tertiary/aromatic N) is 1. The molecule has 2 N–H and O–H groups in total. The van der Waals surface area contributed by atoms with Crippen molar-refractivity contribution >= 4 is 5.91 Å². The van der Waals surface area contributed by atoms with Gasteiger partial charge in [0.05, 0.1) is 0 Å². The van der Waals surface area contributed by atoms with Crippen molar-refractivity contribution in [2.75, 3.05) is 13.1 Å². The standard InChI is InChI=1S/C18H34N2O/c1-18(2,3)15-9-7-14(8-10-15)17(21)20-13-5-4-6-16(20)11-12-19/h14-16H,4-13,19H2,1-3H3. The maximum Gasteiger partial charge on any atom is 0.225 e. The van der Waals surface area contributed by atoms with Gasteiger partial charge in [-0.1, -0.05) is 20.8 Å². The minimum atomic E-state index is 0.280. The smallest absolute Gasteiger partial charge is 0.225 e. The molecule has 1 aliphatic carbocycles. The maximum atomic E-state index is 12.9. The normalized spacial score (nSPS) is 31.2. The topological polar surface area (TPSA) is 46.3 Å². The highest BCUT2D eigenvalue weighted by atomic mass is 16.2. The van der Waals surface area contributed by atoms with Gasteiger partial charge in [0.15, 0.2) is 0 Å². The van der Waals surface area contributed by atoms with Gasteiger partial charge in [-0.25, -0.2) is 0 Å². The van der Waals surface area contributed by atoms with E-state index in [0.717, 1.165) is 38.1 Å². The predicted molar refractivity (Wildman–Crippen MR) is 87.9 cm³/mol. The van der Waals surface area contributed by atoms with Gasteiger partial charge in [0.1, 0.15) is 0 Å². The summed E-state index contributed by atoms with van der Waals surface area (Å²) >= 11 is 0. The van der Waals surface area contributed by atoms with E-state index in [1.807, 2.05) is 0 Å². The predicted octanol–water partition coefficient (Wildman–Crippen LogP) is 3.57. The lowest BCUT2D eigenvalue weighted by Crippen LogP contribution is -2.48. The van der Waals surface area contributed by atoms with Crippen molar-refractivity contribution in [1.82, 2.24) is 4.90 Å². The fraction of sp³-hybridized carbons (Fsp3) is 0.944. The number of piperidine rings is 1. The van der Waals surface area contributed by atoms with Crippen molar-refractivity contribution in [2.24, 2.45) is 23.0 Å². The van der Waals surface area contributed by atoms with E-state index in [1.165, 1.54) is 25.7 Å². The Bertz CT molecular complexity index is 338. The molecule has 0 radical (unpaired) electrons. The van der Waals surface area contributed by atoms with Crippen molar-refractivity contribution in [3.05, 3.63) is 0 Å². The van der Waals surface area contributed by atoms with Crippen LogP contribution in [0, 0.1) is 17.3 Å². The average Bonchev–Trinajstić information content (AvgIpc) is 2.47. The van der Waals surface area contributed by atoms with E-state index in [1.54, 1.807) is 0 Å². The zero-order valence-corrected chi connectivity index (χ0v) is 14.2. The van der Waals surface area contributed by atoms with Gasteiger partial charge >= 0.3 is 0 Å². The summed E-state index contributed by atoms with van der Waals surface area (Å²) in [7, 11) is 0. The Morgan fingerprint density at radius 1 is 1.10 bits per heavy atom. The number of likely N-dealkylation sites (tertiary alicyclic amines) is 1. The summed E-state index contributed by atoms with van der Waals surface area (Å²) in [5.74, 6) is 1.49. The van der Waals surface area contributed by atoms with Crippen LogP contribution in [0.5, 0.6) is 0 Å². The second kappa shape index (κ2) is 7.13. The van der Waals surface area contributed by atoms with E-state index >= 15 is 0 Å². The van der Waals surface area contributed by atoms with Gasteiger partial charge in [-0.3, -0.25) is 4.79 Å². The quantitative estimate of drug-likeness (QED) is 0.865. The summed E-state index contributed by atoms with van der Waals surface area (Å²) < 4.78 is 0. The number of amides is 1. The number of rotatable bonds is 3. The molecule has 122 valence electrons. The van der Waals surface area contributed by atoms with Crippen LogP contribution in [0.1, 0.15) is 72.1 Å². The van der Waals surface area contributed by atoms with E-state index in [-0.39, 0.29) is 5.92 Å². The fourth-order valence-corrected chi connectivity index (χ4v) is 4.22. The van der Waals surface area contributed by atoms with E-state index < -0.39 is 0 Å². The fourth-order valence-electron chi connectivity index (χ4n) is 4.22. The molecule has 1 saturated heterocycles. The van der Waals surface area contributed by atoms with Crippen molar-refractivity contribution in [1.29, 1.82) is 0 Å². The van der Waals surface area contributed by atoms with Crippen LogP contribution in [0.25, 0.3) is 0 Å². The number of hydrogen-bond donors (Lipinski definition) is 1. The highest BCUT2D eigenvalue weighted by Gasteiger charge is 2.36. The first kappa shape index (κ1) is 16.8. The molecule has 0 aromatic heterocycles. The molecule has 3 nitrogen and oxygen atoms in total. The average molecular weight is 294 g/mol. The highest BCUT2D eigenvalue weighted by molar-refractivity contribution is 5.79. The molecule has 21 heavy (non-hydrogen) atoms. The molecule has 0 aromatic carbocycles. The molecular weight excluding hydrogens is 260 g/mol. The zero-order valence-electron chi connectivity index (χ0n) is 14.2. The molecule has 2 aliphatic rings. The lowest BCUT2D eigenvalue weighted by Gasteiger charge is -2.41. The summed E-state index contributed by atoms with van der Waals surface area (Å²) in [5.41, 5.74) is 6.12. The van der Waals surface area contributed by atoms with Crippen molar-refractivity contribution in [3.8, 4) is 0 Å². The van der Waals surface area contributed by atoms with Gasteiger partial charge < -0.3 is 10.6 Å². The Hall–Kier alpha value is -0.570. The lowest BCUT2D eigenvalue weighted by molar-refractivity contribution is -0.141. The molecule has 1 amide bonds. The van der Waals surface area contributed by atoms with E-state index in [4.69, 9.17) is 5.73 Å². The molecule has 1 atom stereocenters. The molecule has 1 aliphatic heterocycles. The highest BCUT2D eigenvalue weighted by Crippen LogP contribution is 2.40. The molecule has 1 heterocycles. The molecule has 2 rings (SSSR count). The lowest BCUT2D eigenvalue weighted by atomic mass is 9.69. The van der Waals surface area contributed by atoms with Gasteiger partial charge in [-0.2, -0.15) is 0 Å². The molecule has 0 spiro atoms. The SMILES string of the molecule is CC(C)(C)C1CCC(C(=O)N2CCCCC2CCN)CC1. The zero-order chi connectivity index (χ0) is 15.5. The van der Waals surface area contributed by atoms with E-state index in [0.29, 0.717) is 23.9 Å². The van der Waals surface area contributed by atoms with Crippen molar-refractivity contribution in [3.63, 3.8) is 0 Å². The van der Waals surface area contributed by atoms with Crippen molar-refractivity contribution < 1.29 is 4.79 Å². The molecule has 1 saturated carbocycles. The molecule has 0 aromatic rings. The Morgan fingerprint density at radius 3 is 2.33 bits per heavy atom. The summed E-state index contributed by atoms with van der Waals surface area (Å²) in [6, 6.07) is 0.414. The molecule has 1 unspecified atom stereocenters. The number of carbonyl (C=O) groups is 1. The second-order valence-electron chi connectivity index (χ2n) is 8.17. The van der Waals surface area contributed by atoms with Gasteiger partial charge in [0.2, 0.25) is 5.91 Å². The molecule has 0 bridgehead atoms. The van der Waals surface area contributed by atoms with Crippen LogP contribution in [0.2, 0.25) is 0 Å². The maximum absolute atomic E-state index is 12.9. The van der Waals surface area contributed by atoms with Crippen molar-refractivity contribution in [2.45, 2.75) is 78.2 Å².